The highest BCUT2D eigenvalue weighted by atomic mass is 16.3. The molecule has 31 heavy (non-hydrogen) atoms. The lowest BCUT2D eigenvalue weighted by atomic mass is 10.00. The topological polar surface area (TPSA) is 90.4 Å². The number of aliphatic hydroxyl groups excluding tert-OH is 1. The zero-order valence-electron chi connectivity index (χ0n) is 17.4. The molecule has 0 unspecified atom stereocenters. The van der Waals surface area contributed by atoms with E-state index in [0.29, 0.717) is 24.5 Å². The smallest absolute Gasteiger partial charge is 0.251 e. The third-order valence-electron chi connectivity index (χ3n) is 5.42. The van der Waals surface area contributed by atoms with E-state index in [4.69, 9.17) is 0 Å². The Morgan fingerprint density at radius 2 is 1.90 bits per heavy atom. The maximum atomic E-state index is 12.5. The average molecular weight is 418 g/mol. The number of benzene rings is 1. The van der Waals surface area contributed by atoms with Gasteiger partial charge in [0.05, 0.1) is 6.10 Å². The predicted octanol–water partition coefficient (Wildman–Crippen LogP) is 2.24. The molecule has 3 N–H and O–H groups in total. The van der Waals surface area contributed by atoms with Crippen LogP contribution in [0.5, 0.6) is 0 Å². The van der Waals surface area contributed by atoms with Gasteiger partial charge in [0.15, 0.2) is 0 Å². The van der Waals surface area contributed by atoms with Gasteiger partial charge in [-0.1, -0.05) is 24.3 Å². The Bertz CT molecular complexity index is 1010. The van der Waals surface area contributed by atoms with Gasteiger partial charge in [0, 0.05) is 56.9 Å². The highest BCUT2D eigenvalue weighted by Gasteiger charge is 2.19. The van der Waals surface area contributed by atoms with E-state index < -0.39 is 6.10 Å². The van der Waals surface area contributed by atoms with E-state index >= 15 is 0 Å². The number of rotatable bonds is 8. The van der Waals surface area contributed by atoms with Crippen LogP contribution in [0.25, 0.3) is 0 Å². The zero-order valence-corrected chi connectivity index (χ0v) is 17.4. The second-order valence-electron chi connectivity index (χ2n) is 7.76. The molecular formula is C24H27N5O2. The Hall–Kier alpha value is -3.29. The summed E-state index contributed by atoms with van der Waals surface area (Å²) in [6, 6.07) is 15.6. The molecule has 1 amide bonds. The summed E-state index contributed by atoms with van der Waals surface area (Å²) >= 11 is 0. The van der Waals surface area contributed by atoms with Crippen LogP contribution in [0.2, 0.25) is 0 Å². The van der Waals surface area contributed by atoms with Crippen molar-refractivity contribution in [2.75, 3.05) is 25.0 Å². The van der Waals surface area contributed by atoms with Crippen molar-refractivity contribution >= 4 is 11.7 Å². The number of aromatic nitrogens is 2. The summed E-state index contributed by atoms with van der Waals surface area (Å²) in [5.74, 6) is 0.398. The molecule has 0 fully saturated rings. The van der Waals surface area contributed by atoms with Crippen LogP contribution in [0.3, 0.4) is 0 Å². The minimum absolute atomic E-state index is 0.207. The number of hydrogen-bond acceptors (Lipinski definition) is 6. The first-order valence-corrected chi connectivity index (χ1v) is 10.5. The molecule has 1 aliphatic rings. The quantitative estimate of drug-likeness (QED) is 0.521. The molecule has 0 saturated heterocycles. The molecular weight excluding hydrogens is 390 g/mol. The number of carbonyl (C=O) groups is 1. The van der Waals surface area contributed by atoms with Gasteiger partial charge in [0.25, 0.3) is 5.91 Å². The minimum atomic E-state index is -0.625. The highest BCUT2D eigenvalue weighted by molar-refractivity contribution is 5.94. The molecule has 4 rings (SSSR count). The fraction of sp³-hybridized carbons (Fsp3) is 0.292. The number of aliphatic hydroxyl groups is 1. The van der Waals surface area contributed by atoms with E-state index in [1.807, 2.05) is 18.2 Å². The number of pyridine rings is 2. The van der Waals surface area contributed by atoms with E-state index in [-0.39, 0.29) is 12.5 Å². The molecule has 0 spiro atoms. The molecule has 3 aromatic rings. The molecule has 0 saturated carbocycles. The Balaban J connectivity index is 1.25. The van der Waals surface area contributed by atoms with Gasteiger partial charge in [-0.25, -0.2) is 4.98 Å². The normalized spacial score (nSPS) is 14.5. The van der Waals surface area contributed by atoms with Crippen molar-refractivity contribution in [3.05, 3.63) is 89.4 Å². The zero-order chi connectivity index (χ0) is 21.5. The molecule has 2 aromatic heterocycles. The first-order valence-electron chi connectivity index (χ1n) is 10.5. The SMILES string of the molecule is O=C(NC[C@H](O)CN1CCc2ccccc2C1)c1ccnc(NCc2ccncc2)c1. The molecule has 1 aromatic carbocycles. The summed E-state index contributed by atoms with van der Waals surface area (Å²) in [5, 5.41) is 16.5. The van der Waals surface area contributed by atoms with Crippen LogP contribution in [0.1, 0.15) is 27.0 Å². The lowest BCUT2D eigenvalue weighted by Gasteiger charge is -2.30. The van der Waals surface area contributed by atoms with Crippen molar-refractivity contribution in [3.8, 4) is 0 Å². The second kappa shape index (κ2) is 10.1. The summed E-state index contributed by atoms with van der Waals surface area (Å²) in [5.41, 5.74) is 4.28. The van der Waals surface area contributed by atoms with Gasteiger partial charge in [0.1, 0.15) is 5.82 Å². The van der Waals surface area contributed by atoms with Gasteiger partial charge in [-0.15, -0.1) is 0 Å². The maximum absolute atomic E-state index is 12.5. The Morgan fingerprint density at radius 3 is 2.74 bits per heavy atom. The number of fused-ring (bicyclic) bond motifs is 1. The lowest BCUT2D eigenvalue weighted by Crippen LogP contribution is -2.42. The predicted molar refractivity (Wildman–Crippen MR) is 120 cm³/mol. The highest BCUT2D eigenvalue weighted by Crippen LogP contribution is 2.18. The van der Waals surface area contributed by atoms with Crippen LogP contribution in [0, 0.1) is 0 Å². The van der Waals surface area contributed by atoms with Crippen LogP contribution >= 0.6 is 0 Å². The van der Waals surface area contributed by atoms with E-state index in [1.54, 1.807) is 30.7 Å². The number of nitrogens with zero attached hydrogens (tertiary/aromatic N) is 3. The Labute approximate surface area is 182 Å². The maximum Gasteiger partial charge on any atom is 0.251 e. The van der Waals surface area contributed by atoms with Crippen molar-refractivity contribution < 1.29 is 9.90 Å². The standard InChI is InChI=1S/C24H27N5O2/c30-22(17-29-12-8-19-3-1-2-4-21(19)16-29)15-28-24(31)20-7-11-26-23(13-20)27-14-18-5-9-25-10-6-18/h1-7,9-11,13,22,30H,8,12,14-17H2,(H,26,27)(H,28,31)/t22-/m0/s1. The first kappa shape index (κ1) is 21.0. The number of nitrogens with one attached hydrogen (secondary N) is 2. The average Bonchev–Trinajstić information content (AvgIpc) is 2.82. The fourth-order valence-corrected chi connectivity index (χ4v) is 3.75. The van der Waals surface area contributed by atoms with Gasteiger partial charge < -0.3 is 15.7 Å². The summed E-state index contributed by atoms with van der Waals surface area (Å²) in [6.45, 7) is 3.08. The molecule has 160 valence electrons. The van der Waals surface area contributed by atoms with Crippen molar-refractivity contribution in [2.45, 2.75) is 25.6 Å². The van der Waals surface area contributed by atoms with Crippen LogP contribution in [0.15, 0.2) is 67.1 Å². The summed E-state index contributed by atoms with van der Waals surface area (Å²) in [6.07, 6.45) is 5.44. The van der Waals surface area contributed by atoms with E-state index in [0.717, 1.165) is 25.1 Å². The first-order chi connectivity index (χ1) is 15.2. The number of hydrogen-bond donors (Lipinski definition) is 3. The van der Waals surface area contributed by atoms with Gasteiger partial charge in [0.2, 0.25) is 0 Å². The molecule has 0 aliphatic carbocycles. The van der Waals surface area contributed by atoms with Crippen LogP contribution in [-0.4, -0.2) is 51.6 Å². The van der Waals surface area contributed by atoms with Crippen molar-refractivity contribution in [3.63, 3.8) is 0 Å². The van der Waals surface area contributed by atoms with Crippen LogP contribution in [-0.2, 0) is 19.5 Å². The number of carbonyl (C=O) groups excluding carboxylic acids is 1. The number of anilines is 1. The molecule has 1 aliphatic heterocycles. The third-order valence-corrected chi connectivity index (χ3v) is 5.42. The summed E-state index contributed by atoms with van der Waals surface area (Å²) < 4.78 is 0. The summed E-state index contributed by atoms with van der Waals surface area (Å²) in [7, 11) is 0. The molecule has 7 nitrogen and oxygen atoms in total. The summed E-state index contributed by atoms with van der Waals surface area (Å²) in [4.78, 5) is 23.0. The van der Waals surface area contributed by atoms with Crippen molar-refractivity contribution in [1.82, 2.24) is 20.2 Å². The molecule has 3 heterocycles. The lowest BCUT2D eigenvalue weighted by molar-refractivity contribution is 0.0842. The molecule has 7 heteroatoms. The van der Waals surface area contributed by atoms with E-state index in [1.165, 1.54) is 11.1 Å². The van der Waals surface area contributed by atoms with Crippen molar-refractivity contribution in [1.29, 1.82) is 0 Å². The fourth-order valence-electron chi connectivity index (χ4n) is 3.75. The van der Waals surface area contributed by atoms with E-state index in [9.17, 15) is 9.90 Å². The van der Waals surface area contributed by atoms with E-state index in [2.05, 4.69) is 43.7 Å². The third kappa shape index (κ3) is 5.87. The molecule has 1 atom stereocenters. The van der Waals surface area contributed by atoms with Crippen LogP contribution in [0.4, 0.5) is 5.82 Å². The van der Waals surface area contributed by atoms with Gasteiger partial charge in [-0.3, -0.25) is 14.7 Å². The Kier molecular flexibility index (Phi) is 6.86. The number of amides is 1. The largest absolute Gasteiger partial charge is 0.390 e. The number of β-amino-alcohol motifs (C(OH)–C–C–N with tert-alkyl or cyclic N) is 1. The Morgan fingerprint density at radius 1 is 1.10 bits per heavy atom. The van der Waals surface area contributed by atoms with Crippen molar-refractivity contribution in [2.24, 2.45) is 0 Å². The molecule has 0 radical (unpaired) electrons. The van der Waals surface area contributed by atoms with Gasteiger partial charge in [-0.05, 0) is 47.4 Å². The molecule has 0 bridgehead atoms. The monoisotopic (exact) mass is 417 g/mol. The van der Waals surface area contributed by atoms with Gasteiger partial charge >= 0.3 is 0 Å². The van der Waals surface area contributed by atoms with Crippen LogP contribution < -0.4 is 10.6 Å². The second-order valence-corrected chi connectivity index (χ2v) is 7.76. The van der Waals surface area contributed by atoms with Gasteiger partial charge in [-0.2, -0.15) is 0 Å². The minimum Gasteiger partial charge on any atom is -0.390 e.